The fourth-order valence-electron chi connectivity index (χ4n) is 1.99. The molecular formula is C13H19NO3. The molecule has 0 spiro atoms. The van der Waals surface area contributed by atoms with Crippen LogP contribution in [0.4, 0.5) is 0 Å². The van der Waals surface area contributed by atoms with E-state index < -0.39 is 0 Å². The Kier molecular flexibility index (Phi) is 4.34. The number of aliphatic hydroxyl groups excluding tert-OH is 1. The first-order chi connectivity index (χ1) is 8.28. The maximum absolute atomic E-state index is 9.10. The quantitative estimate of drug-likeness (QED) is 0.868. The van der Waals surface area contributed by atoms with Crippen molar-refractivity contribution in [3.05, 3.63) is 23.4 Å². The number of rotatable bonds is 4. The second-order valence-corrected chi connectivity index (χ2v) is 4.41. The second kappa shape index (κ2) is 5.98. The number of pyridine rings is 1. The first-order valence-corrected chi connectivity index (χ1v) is 6.11. The molecule has 17 heavy (non-hydrogen) atoms. The summed E-state index contributed by atoms with van der Waals surface area (Å²) in [5.74, 6) is 0.572. The van der Waals surface area contributed by atoms with Crippen LogP contribution >= 0.6 is 0 Å². The van der Waals surface area contributed by atoms with Crippen molar-refractivity contribution < 1.29 is 14.6 Å². The maximum atomic E-state index is 9.10. The van der Waals surface area contributed by atoms with Crippen LogP contribution in [-0.4, -0.2) is 29.4 Å². The van der Waals surface area contributed by atoms with Gasteiger partial charge in [-0.2, -0.15) is 0 Å². The highest BCUT2D eigenvalue weighted by Crippen LogP contribution is 2.16. The lowest BCUT2D eigenvalue weighted by Gasteiger charge is -2.22. The molecule has 0 bridgehead atoms. The summed E-state index contributed by atoms with van der Waals surface area (Å²) in [5, 5.41) is 9.10. The standard InChI is InChI=1S/C13H19NO3/c1-10-6-11(8-15)7-13(14-10)17-9-12-4-2-3-5-16-12/h6-7,12,15H,2-5,8-9H2,1H3. The molecule has 1 atom stereocenters. The lowest BCUT2D eigenvalue weighted by atomic mass is 10.1. The lowest BCUT2D eigenvalue weighted by molar-refractivity contribution is -0.0120. The first kappa shape index (κ1) is 12.3. The van der Waals surface area contributed by atoms with Crippen LogP contribution in [0.1, 0.15) is 30.5 Å². The Balaban J connectivity index is 1.91. The normalized spacial score (nSPS) is 20.2. The topological polar surface area (TPSA) is 51.6 Å². The fraction of sp³-hybridized carbons (Fsp3) is 0.615. The Bertz CT molecular complexity index is 362. The zero-order chi connectivity index (χ0) is 12.1. The molecule has 0 saturated carbocycles. The van der Waals surface area contributed by atoms with Gasteiger partial charge in [0, 0.05) is 18.4 Å². The summed E-state index contributed by atoms with van der Waals surface area (Å²) in [6.07, 6.45) is 3.59. The molecule has 2 heterocycles. The molecule has 0 aliphatic carbocycles. The van der Waals surface area contributed by atoms with Crippen LogP contribution in [-0.2, 0) is 11.3 Å². The van der Waals surface area contributed by atoms with Crippen molar-refractivity contribution in [3.8, 4) is 5.88 Å². The van der Waals surface area contributed by atoms with Crippen LogP contribution in [0.25, 0.3) is 0 Å². The smallest absolute Gasteiger partial charge is 0.213 e. The van der Waals surface area contributed by atoms with Gasteiger partial charge in [-0.15, -0.1) is 0 Å². The van der Waals surface area contributed by atoms with Gasteiger partial charge in [0.25, 0.3) is 0 Å². The molecule has 0 aromatic carbocycles. The van der Waals surface area contributed by atoms with Crippen LogP contribution < -0.4 is 4.74 Å². The summed E-state index contributed by atoms with van der Waals surface area (Å²) in [6.45, 7) is 3.28. The van der Waals surface area contributed by atoms with E-state index in [2.05, 4.69) is 4.98 Å². The zero-order valence-corrected chi connectivity index (χ0v) is 10.2. The van der Waals surface area contributed by atoms with Crippen molar-refractivity contribution in [1.29, 1.82) is 0 Å². The molecule has 1 unspecified atom stereocenters. The molecule has 1 aliphatic heterocycles. The van der Waals surface area contributed by atoms with Crippen LogP contribution in [0, 0.1) is 6.92 Å². The molecule has 1 aromatic rings. The fourth-order valence-corrected chi connectivity index (χ4v) is 1.99. The van der Waals surface area contributed by atoms with E-state index in [1.165, 1.54) is 6.42 Å². The van der Waals surface area contributed by atoms with Gasteiger partial charge in [0.2, 0.25) is 5.88 Å². The molecule has 0 radical (unpaired) electrons. The number of hydrogen-bond acceptors (Lipinski definition) is 4. The summed E-state index contributed by atoms with van der Waals surface area (Å²) in [6, 6.07) is 3.62. The maximum Gasteiger partial charge on any atom is 0.213 e. The molecule has 4 heteroatoms. The molecule has 2 rings (SSSR count). The van der Waals surface area contributed by atoms with Gasteiger partial charge in [-0.1, -0.05) is 0 Å². The van der Waals surface area contributed by atoms with E-state index in [0.717, 1.165) is 30.7 Å². The van der Waals surface area contributed by atoms with Gasteiger partial charge in [0.1, 0.15) is 6.61 Å². The van der Waals surface area contributed by atoms with E-state index in [0.29, 0.717) is 12.5 Å². The molecule has 1 N–H and O–H groups in total. The van der Waals surface area contributed by atoms with Crippen LogP contribution in [0.15, 0.2) is 12.1 Å². The minimum absolute atomic E-state index is 0.0135. The Hall–Kier alpha value is -1.13. The van der Waals surface area contributed by atoms with Gasteiger partial charge < -0.3 is 14.6 Å². The second-order valence-electron chi connectivity index (χ2n) is 4.41. The van der Waals surface area contributed by atoms with Gasteiger partial charge >= 0.3 is 0 Å². The van der Waals surface area contributed by atoms with Crippen molar-refractivity contribution in [2.24, 2.45) is 0 Å². The van der Waals surface area contributed by atoms with Crippen molar-refractivity contribution in [2.75, 3.05) is 13.2 Å². The van der Waals surface area contributed by atoms with Crippen LogP contribution in [0.2, 0.25) is 0 Å². The van der Waals surface area contributed by atoms with Gasteiger partial charge in [-0.05, 0) is 37.8 Å². The number of hydrogen-bond donors (Lipinski definition) is 1. The zero-order valence-electron chi connectivity index (χ0n) is 10.2. The average molecular weight is 237 g/mol. The summed E-state index contributed by atoms with van der Waals surface area (Å²) < 4.78 is 11.2. The highest BCUT2D eigenvalue weighted by atomic mass is 16.5. The predicted molar refractivity (Wildman–Crippen MR) is 64.0 cm³/mol. The Morgan fingerprint density at radius 1 is 1.47 bits per heavy atom. The Labute approximate surface area is 102 Å². The minimum atomic E-state index is 0.0135. The van der Waals surface area contributed by atoms with E-state index in [9.17, 15) is 0 Å². The van der Waals surface area contributed by atoms with E-state index in [1.54, 1.807) is 6.07 Å². The van der Waals surface area contributed by atoms with Gasteiger partial charge in [-0.3, -0.25) is 0 Å². The van der Waals surface area contributed by atoms with Crippen molar-refractivity contribution in [1.82, 2.24) is 4.98 Å². The first-order valence-electron chi connectivity index (χ1n) is 6.11. The molecule has 0 amide bonds. The van der Waals surface area contributed by atoms with E-state index in [4.69, 9.17) is 14.6 Å². The van der Waals surface area contributed by atoms with E-state index >= 15 is 0 Å². The largest absolute Gasteiger partial charge is 0.475 e. The van der Waals surface area contributed by atoms with Crippen molar-refractivity contribution in [3.63, 3.8) is 0 Å². The van der Waals surface area contributed by atoms with Gasteiger partial charge in [0.05, 0.1) is 12.7 Å². The molecule has 1 aromatic heterocycles. The van der Waals surface area contributed by atoms with Crippen molar-refractivity contribution >= 4 is 0 Å². The Morgan fingerprint density at radius 2 is 2.35 bits per heavy atom. The molecule has 1 aliphatic rings. The highest BCUT2D eigenvalue weighted by Gasteiger charge is 2.14. The minimum Gasteiger partial charge on any atom is -0.475 e. The average Bonchev–Trinajstić information content (AvgIpc) is 2.37. The third kappa shape index (κ3) is 3.68. The number of aromatic nitrogens is 1. The molecular weight excluding hydrogens is 218 g/mol. The van der Waals surface area contributed by atoms with Gasteiger partial charge in [-0.25, -0.2) is 4.98 Å². The lowest BCUT2D eigenvalue weighted by Crippen LogP contribution is -2.26. The Morgan fingerprint density at radius 3 is 3.06 bits per heavy atom. The number of aryl methyl sites for hydroxylation is 1. The third-order valence-electron chi connectivity index (χ3n) is 2.86. The van der Waals surface area contributed by atoms with Crippen LogP contribution in [0.5, 0.6) is 5.88 Å². The number of aliphatic hydroxyl groups is 1. The van der Waals surface area contributed by atoms with Crippen LogP contribution in [0.3, 0.4) is 0 Å². The number of ether oxygens (including phenoxy) is 2. The number of nitrogens with zero attached hydrogens (tertiary/aromatic N) is 1. The summed E-state index contributed by atoms with van der Waals surface area (Å²) in [7, 11) is 0. The van der Waals surface area contributed by atoms with Gasteiger partial charge in [0.15, 0.2) is 0 Å². The SMILES string of the molecule is Cc1cc(CO)cc(OCC2CCCCO2)n1. The highest BCUT2D eigenvalue weighted by molar-refractivity contribution is 5.24. The summed E-state index contributed by atoms with van der Waals surface area (Å²) in [5.41, 5.74) is 1.69. The monoisotopic (exact) mass is 237 g/mol. The van der Waals surface area contributed by atoms with E-state index in [1.807, 2.05) is 13.0 Å². The molecule has 4 nitrogen and oxygen atoms in total. The molecule has 1 saturated heterocycles. The third-order valence-corrected chi connectivity index (χ3v) is 2.86. The molecule has 1 fully saturated rings. The van der Waals surface area contributed by atoms with Crippen molar-refractivity contribution in [2.45, 2.75) is 38.9 Å². The van der Waals surface area contributed by atoms with E-state index in [-0.39, 0.29) is 12.7 Å². The molecule has 94 valence electrons. The predicted octanol–water partition coefficient (Wildman–Crippen LogP) is 1.83. The summed E-state index contributed by atoms with van der Waals surface area (Å²) >= 11 is 0. The summed E-state index contributed by atoms with van der Waals surface area (Å²) in [4.78, 5) is 4.28.